The molecule has 0 unspecified atom stereocenters. The minimum absolute atomic E-state index is 0.522. The van der Waals surface area contributed by atoms with Gasteiger partial charge in [0.1, 0.15) is 0 Å². The molecule has 4 nitrogen and oxygen atoms in total. The number of hydrogen-bond donors (Lipinski definition) is 1. The fraction of sp³-hybridized carbons (Fsp3) is 0.667. The molecule has 0 spiro atoms. The summed E-state index contributed by atoms with van der Waals surface area (Å²) >= 11 is 3.03. The van der Waals surface area contributed by atoms with Crippen molar-refractivity contribution in [1.82, 2.24) is 10.2 Å². The van der Waals surface area contributed by atoms with E-state index in [2.05, 4.69) is 10.2 Å². The first kappa shape index (κ1) is 9.76. The summed E-state index contributed by atoms with van der Waals surface area (Å²) in [6, 6.07) is 0. The van der Waals surface area contributed by atoms with E-state index in [1.54, 1.807) is 11.8 Å². The van der Waals surface area contributed by atoms with E-state index >= 15 is 0 Å². The van der Waals surface area contributed by atoms with Crippen molar-refractivity contribution >= 4 is 28.2 Å². The smallest absolute Gasteiger partial charge is 0.203 e. The largest absolute Gasteiger partial charge is 0.381 e. The first-order valence-electron chi connectivity index (χ1n) is 3.62. The Morgan fingerprint density at radius 2 is 2.42 bits per heavy atom. The van der Waals surface area contributed by atoms with E-state index in [1.165, 1.54) is 11.3 Å². The van der Waals surface area contributed by atoms with Crippen molar-refractivity contribution in [3.05, 3.63) is 0 Å². The number of anilines is 1. The van der Waals surface area contributed by atoms with Crippen LogP contribution in [-0.2, 0) is 4.74 Å². The number of thioether (sulfide) groups is 1. The Kier molecular flexibility index (Phi) is 4.34. The number of hydrogen-bond acceptors (Lipinski definition) is 6. The molecule has 0 aromatic carbocycles. The maximum Gasteiger partial charge on any atom is 0.203 e. The number of nitrogens with zero attached hydrogens (tertiary/aromatic N) is 2. The van der Waals surface area contributed by atoms with Crippen molar-refractivity contribution in [2.45, 2.75) is 11.3 Å². The molecule has 0 aliphatic carbocycles. The molecule has 2 N–H and O–H groups in total. The molecule has 0 aliphatic rings. The lowest BCUT2D eigenvalue weighted by molar-refractivity contribution is 0.164. The van der Waals surface area contributed by atoms with Gasteiger partial charge in [0.2, 0.25) is 5.13 Å². The van der Waals surface area contributed by atoms with E-state index in [-0.39, 0.29) is 0 Å². The highest BCUT2D eigenvalue weighted by Gasteiger charge is 2.00. The lowest BCUT2D eigenvalue weighted by Gasteiger charge is -1.96. The van der Waals surface area contributed by atoms with Gasteiger partial charge in [-0.15, -0.1) is 10.2 Å². The van der Waals surface area contributed by atoms with Gasteiger partial charge in [-0.1, -0.05) is 23.1 Å². The topological polar surface area (TPSA) is 61.0 Å². The fourth-order valence-corrected chi connectivity index (χ4v) is 2.17. The van der Waals surface area contributed by atoms with Crippen molar-refractivity contribution in [3.63, 3.8) is 0 Å². The molecule has 0 atom stereocenters. The number of aromatic nitrogens is 2. The van der Waals surface area contributed by atoms with Gasteiger partial charge in [-0.2, -0.15) is 0 Å². The maximum atomic E-state index is 5.41. The molecule has 0 fully saturated rings. The van der Waals surface area contributed by atoms with Crippen molar-refractivity contribution in [2.75, 3.05) is 24.7 Å². The van der Waals surface area contributed by atoms with Gasteiger partial charge in [0, 0.05) is 12.4 Å². The summed E-state index contributed by atoms with van der Waals surface area (Å²) in [6.07, 6.45) is 0. The Labute approximate surface area is 79.5 Å². The zero-order valence-electron chi connectivity index (χ0n) is 6.82. The number of nitrogens with two attached hydrogens (primary N) is 1. The van der Waals surface area contributed by atoms with Crippen LogP contribution in [0, 0.1) is 0 Å². The highest BCUT2D eigenvalue weighted by molar-refractivity contribution is 8.01. The van der Waals surface area contributed by atoms with E-state index in [9.17, 15) is 0 Å². The first-order valence-corrected chi connectivity index (χ1v) is 5.42. The molecular formula is C6H11N3OS2. The average Bonchev–Trinajstić information content (AvgIpc) is 2.45. The molecule has 0 amide bonds. The minimum atomic E-state index is 0.522. The molecule has 0 aliphatic heterocycles. The summed E-state index contributed by atoms with van der Waals surface area (Å²) in [4.78, 5) is 0. The fourth-order valence-electron chi connectivity index (χ4n) is 0.611. The monoisotopic (exact) mass is 205 g/mol. The Hall–Kier alpha value is -0.330. The summed E-state index contributed by atoms with van der Waals surface area (Å²) in [5.74, 6) is 0.905. The van der Waals surface area contributed by atoms with Crippen LogP contribution in [0.2, 0.25) is 0 Å². The quantitative estimate of drug-likeness (QED) is 0.579. The molecule has 1 aromatic rings. The molecule has 68 valence electrons. The Morgan fingerprint density at radius 3 is 3.00 bits per heavy atom. The summed E-state index contributed by atoms with van der Waals surface area (Å²) in [5, 5.41) is 8.09. The van der Waals surface area contributed by atoms with Crippen molar-refractivity contribution in [3.8, 4) is 0 Å². The summed E-state index contributed by atoms with van der Waals surface area (Å²) in [7, 11) is 0. The van der Waals surface area contributed by atoms with Crippen LogP contribution in [0.3, 0.4) is 0 Å². The Morgan fingerprint density at radius 1 is 1.58 bits per heavy atom. The predicted octanol–water partition coefficient (Wildman–Crippen LogP) is 1.25. The molecule has 6 heteroatoms. The van der Waals surface area contributed by atoms with E-state index < -0.39 is 0 Å². The summed E-state index contributed by atoms with van der Waals surface area (Å²) < 4.78 is 6.08. The van der Waals surface area contributed by atoms with Gasteiger partial charge in [-0.05, 0) is 6.92 Å². The van der Waals surface area contributed by atoms with Gasteiger partial charge < -0.3 is 10.5 Å². The lowest BCUT2D eigenvalue weighted by Crippen LogP contribution is -1.95. The van der Waals surface area contributed by atoms with Crippen LogP contribution in [0.25, 0.3) is 0 Å². The highest BCUT2D eigenvalue weighted by Crippen LogP contribution is 2.22. The Bertz CT molecular complexity index is 228. The second-order valence-corrected chi connectivity index (χ2v) is 4.30. The molecule has 0 bridgehead atoms. The van der Waals surface area contributed by atoms with Crippen LogP contribution in [-0.4, -0.2) is 29.2 Å². The zero-order valence-corrected chi connectivity index (χ0v) is 8.45. The lowest BCUT2D eigenvalue weighted by atomic mass is 10.8. The number of ether oxygens (including phenoxy) is 1. The van der Waals surface area contributed by atoms with Crippen LogP contribution in [0.4, 0.5) is 5.13 Å². The van der Waals surface area contributed by atoms with Gasteiger partial charge in [0.15, 0.2) is 4.34 Å². The van der Waals surface area contributed by atoms with Crippen LogP contribution in [0.15, 0.2) is 4.34 Å². The van der Waals surface area contributed by atoms with Gasteiger partial charge in [0.05, 0.1) is 6.61 Å². The third kappa shape index (κ3) is 3.38. The van der Waals surface area contributed by atoms with E-state index in [1.807, 2.05) is 6.92 Å². The number of rotatable bonds is 5. The maximum absolute atomic E-state index is 5.41. The van der Waals surface area contributed by atoms with Gasteiger partial charge in [-0.25, -0.2) is 0 Å². The van der Waals surface area contributed by atoms with E-state index in [0.29, 0.717) is 5.13 Å². The molecular weight excluding hydrogens is 194 g/mol. The average molecular weight is 205 g/mol. The SMILES string of the molecule is CCOCCSc1nnc(N)s1. The van der Waals surface area contributed by atoms with Gasteiger partial charge >= 0.3 is 0 Å². The predicted molar refractivity (Wildman–Crippen MR) is 51.5 cm³/mol. The van der Waals surface area contributed by atoms with E-state index in [4.69, 9.17) is 10.5 Å². The van der Waals surface area contributed by atoms with Crippen molar-refractivity contribution < 1.29 is 4.74 Å². The molecule has 1 rings (SSSR count). The van der Waals surface area contributed by atoms with E-state index in [0.717, 1.165) is 23.3 Å². The third-order valence-electron chi connectivity index (χ3n) is 1.08. The molecule has 1 aromatic heterocycles. The standard InChI is InChI=1S/C6H11N3OS2/c1-2-10-3-4-11-6-9-8-5(7)12-6/h2-4H2,1H3,(H2,7,8). The van der Waals surface area contributed by atoms with Crippen LogP contribution >= 0.6 is 23.1 Å². The normalized spacial score (nSPS) is 10.4. The van der Waals surface area contributed by atoms with Gasteiger partial charge in [0.25, 0.3) is 0 Å². The second kappa shape index (κ2) is 5.34. The summed E-state index contributed by atoms with van der Waals surface area (Å²) in [6.45, 7) is 3.49. The van der Waals surface area contributed by atoms with Crippen LogP contribution < -0.4 is 5.73 Å². The van der Waals surface area contributed by atoms with Gasteiger partial charge in [-0.3, -0.25) is 0 Å². The first-order chi connectivity index (χ1) is 5.83. The van der Waals surface area contributed by atoms with Crippen LogP contribution in [0.1, 0.15) is 6.92 Å². The molecule has 0 saturated heterocycles. The zero-order chi connectivity index (χ0) is 8.81. The van der Waals surface area contributed by atoms with Crippen LogP contribution in [0.5, 0.6) is 0 Å². The summed E-state index contributed by atoms with van der Waals surface area (Å²) in [5.41, 5.74) is 5.41. The molecule has 1 heterocycles. The minimum Gasteiger partial charge on any atom is -0.381 e. The van der Waals surface area contributed by atoms with Crippen molar-refractivity contribution in [2.24, 2.45) is 0 Å². The van der Waals surface area contributed by atoms with Crippen molar-refractivity contribution in [1.29, 1.82) is 0 Å². The molecule has 0 saturated carbocycles. The molecule has 0 radical (unpaired) electrons. The molecule has 12 heavy (non-hydrogen) atoms. The second-order valence-electron chi connectivity index (χ2n) is 1.95. The number of nitrogen functional groups attached to an aromatic ring is 1. The highest BCUT2D eigenvalue weighted by atomic mass is 32.2. The third-order valence-corrected chi connectivity index (χ3v) is 2.93. The Balaban J connectivity index is 2.15.